The Labute approximate surface area is 147 Å². The second-order valence-corrected chi connectivity index (χ2v) is 7.39. The third-order valence-electron chi connectivity index (χ3n) is 3.61. The summed E-state index contributed by atoms with van der Waals surface area (Å²) in [4.78, 5) is 11.7. The van der Waals surface area contributed by atoms with E-state index >= 15 is 0 Å². The van der Waals surface area contributed by atoms with Crippen molar-refractivity contribution >= 4 is 21.6 Å². The molecule has 0 spiro atoms. The highest BCUT2D eigenvalue weighted by Gasteiger charge is 2.24. The smallest absolute Gasteiger partial charge is 0.244 e. The quantitative estimate of drug-likeness (QED) is 0.793. The van der Waals surface area contributed by atoms with Crippen molar-refractivity contribution in [3.63, 3.8) is 0 Å². The summed E-state index contributed by atoms with van der Waals surface area (Å²) in [6.07, 6.45) is 1.98. The maximum absolute atomic E-state index is 13.7. The van der Waals surface area contributed by atoms with Gasteiger partial charge in [-0.15, -0.1) is 0 Å². The van der Waals surface area contributed by atoms with Gasteiger partial charge in [0, 0.05) is 5.69 Å². The summed E-state index contributed by atoms with van der Waals surface area (Å²) >= 11 is 0. The number of aryl methyl sites for hydroxylation is 1. The molecule has 0 aliphatic carbocycles. The first-order chi connectivity index (χ1) is 11.8. The van der Waals surface area contributed by atoms with E-state index in [4.69, 9.17) is 0 Å². The number of anilines is 1. The molecule has 1 amide bonds. The second-order valence-electron chi connectivity index (χ2n) is 5.71. The molecule has 2 aromatic rings. The Kier molecular flexibility index (Phi) is 6.27. The molecule has 25 heavy (non-hydrogen) atoms. The molecule has 1 atom stereocenters. The number of amides is 1. The SMILES string of the molecule is CCCc1ccc(NC(=O)[C@H](C)NS(=O)(=O)c2ccccc2F)cc1. The summed E-state index contributed by atoms with van der Waals surface area (Å²) in [5, 5.41) is 2.64. The van der Waals surface area contributed by atoms with Crippen LogP contribution in [0.2, 0.25) is 0 Å². The Balaban J connectivity index is 2.03. The topological polar surface area (TPSA) is 75.3 Å². The number of halogens is 1. The van der Waals surface area contributed by atoms with E-state index in [-0.39, 0.29) is 0 Å². The van der Waals surface area contributed by atoms with Crippen molar-refractivity contribution in [1.82, 2.24) is 4.72 Å². The van der Waals surface area contributed by atoms with Crippen LogP contribution < -0.4 is 10.0 Å². The standard InChI is InChI=1S/C18H21FN2O3S/c1-3-6-14-9-11-15(12-10-14)20-18(22)13(2)21-25(23,24)17-8-5-4-7-16(17)19/h4-5,7-13,21H,3,6H2,1-2H3,(H,20,22)/t13-/m0/s1. The average molecular weight is 364 g/mol. The molecular formula is C18H21FN2O3S. The Bertz CT molecular complexity index is 836. The minimum atomic E-state index is -4.13. The summed E-state index contributed by atoms with van der Waals surface area (Å²) in [6.45, 7) is 3.48. The van der Waals surface area contributed by atoms with E-state index in [0.717, 1.165) is 30.5 Å². The molecule has 0 fully saturated rings. The number of sulfonamides is 1. The Morgan fingerprint density at radius 1 is 1.12 bits per heavy atom. The molecule has 2 aromatic carbocycles. The van der Waals surface area contributed by atoms with Gasteiger partial charge >= 0.3 is 0 Å². The van der Waals surface area contributed by atoms with Gasteiger partial charge in [-0.3, -0.25) is 4.79 Å². The first-order valence-electron chi connectivity index (χ1n) is 8.00. The third-order valence-corrected chi connectivity index (χ3v) is 5.19. The molecule has 134 valence electrons. The lowest BCUT2D eigenvalue weighted by atomic mass is 10.1. The minimum Gasteiger partial charge on any atom is -0.325 e. The maximum atomic E-state index is 13.7. The number of rotatable bonds is 7. The monoisotopic (exact) mass is 364 g/mol. The van der Waals surface area contributed by atoms with Crippen LogP contribution in [0.25, 0.3) is 0 Å². The van der Waals surface area contributed by atoms with Gasteiger partial charge in [0.25, 0.3) is 0 Å². The minimum absolute atomic E-state index is 0.487. The number of benzene rings is 2. The van der Waals surface area contributed by atoms with Gasteiger partial charge in [0.1, 0.15) is 10.7 Å². The molecular weight excluding hydrogens is 343 g/mol. The molecule has 0 bridgehead atoms. The van der Waals surface area contributed by atoms with Crippen molar-refractivity contribution in [3.05, 3.63) is 59.9 Å². The highest BCUT2D eigenvalue weighted by atomic mass is 32.2. The molecule has 0 aliphatic rings. The van der Waals surface area contributed by atoms with Crippen LogP contribution in [-0.2, 0) is 21.2 Å². The van der Waals surface area contributed by atoms with Gasteiger partial charge in [0.15, 0.2) is 0 Å². The van der Waals surface area contributed by atoms with E-state index in [1.807, 2.05) is 12.1 Å². The third kappa shape index (κ3) is 5.11. The second kappa shape index (κ2) is 8.22. The van der Waals surface area contributed by atoms with Crippen molar-refractivity contribution in [3.8, 4) is 0 Å². The van der Waals surface area contributed by atoms with Crippen molar-refractivity contribution in [2.75, 3.05) is 5.32 Å². The van der Waals surface area contributed by atoms with Gasteiger partial charge in [-0.2, -0.15) is 4.72 Å². The number of hydrogen-bond donors (Lipinski definition) is 2. The zero-order chi connectivity index (χ0) is 18.4. The van der Waals surface area contributed by atoms with E-state index in [0.29, 0.717) is 5.69 Å². The normalized spacial score (nSPS) is 12.6. The van der Waals surface area contributed by atoms with Gasteiger partial charge in [-0.25, -0.2) is 12.8 Å². The van der Waals surface area contributed by atoms with Crippen LogP contribution in [0.1, 0.15) is 25.8 Å². The molecule has 0 saturated carbocycles. The summed E-state index contributed by atoms with van der Waals surface area (Å²) in [5.74, 6) is -1.39. The van der Waals surface area contributed by atoms with Gasteiger partial charge < -0.3 is 5.32 Å². The van der Waals surface area contributed by atoms with Crippen molar-refractivity contribution in [2.24, 2.45) is 0 Å². The van der Waals surface area contributed by atoms with Gasteiger partial charge in [0.05, 0.1) is 6.04 Å². The fourth-order valence-electron chi connectivity index (χ4n) is 2.31. The van der Waals surface area contributed by atoms with Crippen molar-refractivity contribution < 1.29 is 17.6 Å². The molecule has 0 heterocycles. The van der Waals surface area contributed by atoms with Crippen LogP contribution in [0, 0.1) is 5.82 Å². The molecule has 0 aromatic heterocycles. The zero-order valence-electron chi connectivity index (χ0n) is 14.1. The zero-order valence-corrected chi connectivity index (χ0v) is 14.9. The molecule has 0 unspecified atom stereocenters. The molecule has 0 radical (unpaired) electrons. The van der Waals surface area contributed by atoms with Crippen molar-refractivity contribution in [2.45, 2.75) is 37.6 Å². The van der Waals surface area contributed by atoms with Crippen LogP contribution >= 0.6 is 0 Å². The molecule has 5 nitrogen and oxygen atoms in total. The Hall–Kier alpha value is -2.25. The largest absolute Gasteiger partial charge is 0.325 e. The highest BCUT2D eigenvalue weighted by Crippen LogP contribution is 2.15. The Morgan fingerprint density at radius 2 is 1.76 bits per heavy atom. The van der Waals surface area contributed by atoms with Crippen LogP contribution in [0.4, 0.5) is 10.1 Å². The van der Waals surface area contributed by atoms with E-state index in [1.165, 1.54) is 19.1 Å². The van der Waals surface area contributed by atoms with Crippen LogP contribution in [0.3, 0.4) is 0 Å². The summed E-state index contributed by atoms with van der Waals surface area (Å²) in [5.41, 5.74) is 1.73. The molecule has 2 rings (SSSR count). The van der Waals surface area contributed by atoms with Crippen LogP contribution in [0.15, 0.2) is 53.4 Å². The van der Waals surface area contributed by atoms with Crippen molar-refractivity contribution in [1.29, 1.82) is 0 Å². The van der Waals surface area contributed by atoms with Gasteiger partial charge in [-0.05, 0) is 43.2 Å². The maximum Gasteiger partial charge on any atom is 0.244 e. The Morgan fingerprint density at radius 3 is 2.36 bits per heavy atom. The predicted octanol–water partition coefficient (Wildman–Crippen LogP) is 3.08. The highest BCUT2D eigenvalue weighted by molar-refractivity contribution is 7.89. The molecule has 2 N–H and O–H groups in total. The fourth-order valence-corrected chi connectivity index (χ4v) is 3.59. The lowest BCUT2D eigenvalue weighted by Crippen LogP contribution is -2.41. The number of carbonyl (C=O) groups excluding carboxylic acids is 1. The van der Waals surface area contributed by atoms with Crippen LogP contribution in [0.5, 0.6) is 0 Å². The van der Waals surface area contributed by atoms with E-state index in [9.17, 15) is 17.6 Å². The summed E-state index contributed by atoms with van der Waals surface area (Å²) in [6, 6.07) is 11.3. The van der Waals surface area contributed by atoms with E-state index in [2.05, 4.69) is 17.0 Å². The summed E-state index contributed by atoms with van der Waals surface area (Å²) < 4.78 is 40.3. The number of nitrogens with one attached hydrogen (secondary N) is 2. The number of carbonyl (C=O) groups is 1. The van der Waals surface area contributed by atoms with Gasteiger partial charge in [-0.1, -0.05) is 37.6 Å². The first kappa shape index (κ1) is 19.1. The lowest BCUT2D eigenvalue weighted by Gasteiger charge is -2.15. The first-order valence-corrected chi connectivity index (χ1v) is 9.48. The average Bonchev–Trinajstić information content (AvgIpc) is 2.56. The predicted molar refractivity (Wildman–Crippen MR) is 95.3 cm³/mol. The number of hydrogen-bond acceptors (Lipinski definition) is 3. The van der Waals surface area contributed by atoms with E-state index < -0.39 is 32.7 Å². The lowest BCUT2D eigenvalue weighted by molar-refractivity contribution is -0.117. The molecule has 0 aliphatic heterocycles. The van der Waals surface area contributed by atoms with Gasteiger partial charge in [0.2, 0.25) is 15.9 Å². The van der Waals surface area contributed by atoms with Crippen LogP contribution in [-0.4, -0.2) is 20.4 Å². The molecule has 7 heteroatoms. The summed E-state index contributed by atoms with van der Waals surface area (Å²) in [7, 11) is -4.13. The van der Waals surface area contributed by atoms with E-state index in [1.54, 1.807) is 12.1 Å². The fraction of sp³-hybridized carbons (Fsp3) is 0.278. The molecule has 0 saturated heterocycles.